The number of nitrogens with zero attached hydrogens (tertiary/aromatic N) is 2. The summed E-state index contributed by atoms with van der Waals surface area (Å²) in [5.41, 5.74) is 0.825. The average molecular weight is 291 g/mol. The average Bonchev–Trinajstić information content (AvgIpc) is 3.22. The van der Waals surface area contributed by atoms with Gasteiger partial charge in [-0.25, -0.2) is 4.98 Å². The first kappa shape index (κ1) is 14.1. The highest BCUT2D eigenvalue weighted by atomic mass is 16.4. The second-order valence-corrected chi connectivity index (χ2v) is 5.96. The number of piperazine rings is 1. The van der Waals surface area contributed by atoms with Gasteiger partial charge in [-0.1, -0.05) is 6.92 Å². The molecular formula is C15H21N3O3. The van der Waals surface area contributed by atoms with E-state index in [0.717, 1.165) is 24.3 Å². The fourth-order valence-corrected chi connectivity index (χ4v) is 2.88. The molecule has 2 atom stereocenters. The number of rotatable bonds is 4. The smallest absolute Gasteiger partial charge is 0.246 e. The third kappa shape index (κ3) is 2.54. The van der Waals surface area contributed by atoms with E-state index in [2.05, 4.69) is 10.3 Å². The lowest BCUT2D eigenvalue weighted by molar-refractivity contribution is -0.151. The lowest BCUT2D eigenvalue weighted by atomic mass is 10.0. The number of nitrogens with one attached hydrogen (secondary N) is 1. The fraction of sp³-hybridized carbons (Fsp3) is 0.667. The van der Waals surface area contributed by atoms with E-state index in [0.29, 0.717) is 18.2 Å². The van der Waals surface area contributed by atoms with Crippen molar-refractivity contribution in [3.8, 4) is 0 Å². The Morgan fingerprint density at radius 2 is 2.05 bits per heavy atom. The first-order valence-electron chi connectivity index (χ1n) is 7.55. The van der Waals surface area contributed by atoms with Crippen LogP contribution in [-0.4, -0.2) is 33.8 Å². The van der Waals surface area contributed by atoms with E-state index in [1.807, 2.05) is 20.8 Å². The highest BCUT2D eigenvalue weighted by molar-refractivity contribution is 5.97. The Morgan fingerprint density at radius 1 is 1.33 bits per heavy atom. The molecule has 2 aliphatic rings. The molecule has 1 saturated heterocycles. The molecule has 0 radical (unpaired) electrons. The van der Waals surface area contributed by atoms with Crippen molar-refractivity contribution in [2.75, 3.05) is 0 Å². The van der Waals surface area contributed by atoms with E-state index in [4.69, 9.17) is 4.42 Å². The summed E-state index contributed by atoms with van der Waals surface area (Å²) in [6, 6.07) is -0.794. The van der Waals surface area contributed by atoms with Gasteiger partial charge in [0.25, 0.3) is 0 Å². The molecule has 1 aromatic rings. The van der Waals surface area contributed by atoms with Crippen LogP contribution in [0.1, 0.15) is 43.5 Å². The van der Waals surface area contributed by atoms with E-state index >= 15 is 0 Å². The van der Waals surface area contributed by atoms with Crippen LogP contribution in [0.15, 0.2) is 4.42 Å². The van der Waals surface area contributed by atoms with Gasteiger partial charge in [-0.05, 0) is 39.0 Å². The number of carbonyl (C=O) groups excluding carboxylic acids is 2. The second-order valence-electron chi connectivity index (χ2n) is 5.96. The lowest BCUT2D eigenvalue weighted by Gasteiger charge is -2.38. The number of aryl methyl sites for hydroxylation is 2. The predicted molar refractivity (Wildman–Crippen MR) is 75.3 cm³/mol. The molecule has 0 aromatic carbocycles. The minimum atomic E-state index is -0.431. The quantitative estimate of drug-likeness (QED) is 0.907. The number of oxazole rings is 1. The predicted octanol–water partition coefficient (Wildman–Crippen LogP) is 1.31. The van der Waals surface area contributed by atoms with Crippen LogP contribution in [0, 0.1) is 19.8 Å². The Hall–Kier alpha value is -1.85. The summed E-state index contributed by atoms with van der Waals surface area (Å²) in [7, 11) is 0. The molecule has 2 amide bonds. The Balaban J connectivity index is 1.84. The molecule has 6 heteroatoms. The van der Waals surface area contributed by atoms with E-state index in [-0.39, 0.29) is 24.4 Å². The monoisotopic (exact) mass is 291 g/mol. The summed E-state index contributed by atoms with van der Waals surface area (Å²) in [4.78, 5) is 30.8. The maximum absolute atomic E-state index is 12.7. The maximum atomic E-state index is 12.7. The van der Waals surface area contributed by atoms with E-state index in [1.54, 1.807) is 4.90 Å². The van der Waals surface area contributed by atoms with Crippen molar-refractivity contribution >= 4 is 11.8 Å². The molecule has 2 unspecified atom stereocenters. The summed E-state index contributed by atoms with van der Waals surface area (Å²) < 4.78 is 5.57. The normalized spacial score (nSPS) is 26.1. The molecule has 2 fully saturated rings. The summed E-state index contributed by atoms with van der Waals surface area (Å²) in [6.45, 7) is 5.90. The third-order valence-corrected chi connectivity index (χ3v) is 4.38. The Bertz CT molecular complexity index is 557. The van der Waals surface area contributed by atoms with Gasteiger partial charge < -0.3 is 14.6 Å². The highest BCUT2D eigenvalue weighted by Crippen LogP contribution is 2.35. The van der Waals surface area contributed by atoms with E-state index in [9.17, 15) is 9.59 Å². The summed E-state index contributed by atoms with van der Waals surface area (Å²) in [5, 5.41) is 2.88. The van der Waals surface area contributed by atoms with Crippen LogP contribution in [0.2, 0.25) is 0 Å². The van der Waals surface area contributed by atoms with E-state index in [1.165, 1.54) is 0 Å². The molecule has 1 aliphatic heterocycles. The summed E-state index contributed by atoms with van der Waals surface area (Å²) >= 11 is 0. The van der Waals surface area contributed by atoms with Gasteiger partial charge in [0.15, 0.2) is 0 Å². The van der Waals surface area contributed by atoms with Crippen molar-refractivity contribution in [1.82, 2.24) is 15.2 Å². The lowest BCUT2D eigenvalue weighted by Crippen LogP contribution is -2.63. The molecule has 6 nitrogen and oxygen atoms in total. The Kier molecular flexibility index (Phi) is 3.47. The van der Waals surface area contributed by atoms with Crippen molar-refractivity contribution < 1.29 is 14.0 Å². The molecule has 3 rings (SSSR count). The maximum Gasteiger partial charge on any atom is 0.246 e. The van der Waals surface area contributed by atoms with Crippen molar-refractivity contribution in [1.29, 1.82) is 0 Å². The van der Waals surface area contributed by atoms with Crippen LogP contribution in [0.3, 0.4) is 0 Å². The number of aromatic nitrogens is 1. The second kappa shape index (κ2) is 5.16. The van der Waals surface area contributed by atoms with Crippen LogP contribution in [0.5, 0.6) is 0 Å². The summed E-state index contributed by atoms with van der Waals surface area (Å²) in [6.07, 6.45) is 2.62. The topological polar surface area (TPSA) is 75.4 Å². The zero-order valence-electron chi connectivity index (χ0n) is 12.7. The molecule has 21 heavy (non-hydrogen) atoms. The van der Waals surface area contributed by atoms with Gasteiger partial charge in [0, 0.05) is 0 Å². The number of amides is 2. The molecule has 2 heterocycles. The molecule has 1 aliphatic carbocycles. The zero-order chi connectivity index (χ0) is 15.1. The summed E-state index contributed by atoms with van der Waals surface area (Å²) in [5.74, 6) is 1.49. The van der Waals surface area contributed by atoms with Gasteiger partial charge in [0.2, 0.25) is 17.7 Å². The zero-order valence-corrected chi connectivity index (χ0v) is 12.7. The van der Waals surface area contributed by atoms with Crippen molar-refractivity contribution in [3.63, 3.8) is 0 Å². The highest BCUT2D eigenvalue weighted by Gasteiger charge is 2.46. The van der Waals surface area contributed by atoms with Gasteiger partial charge >= 0.3 is 0 Å². The van der Waals surface area contributed by atoms with Gasteiger partial charge in [-0.3, -0.25) is 9.59 Å². The molecule has 1 aromatic heterocycles. The van der Waals surface area contributed by atoms with Crippen LogP contribution >= 0.6 is 0 Å². The van der Waals surface area contributed by atoms with Crippen molar-refractivity contribution in [3.05, 3.63) is 17.3 Å². The molecule has 0 spiro atoms. The molecule has 1 N–H and O–H groups in total. The Morgan fingerprint density at radius 3 is 2.57 bits per heavy atom. The molecule has 0 bridgehead atoms. The largest absolute Gasteiger partial charge is 0.444 e. The molecule has 1 saturated carbocycles. The van der Waals surface area contributed by atoms with Gasteiger partial charge in [0.1, 0.15) is 17.8 Å². The van der Waals surface area contributed by atoms with Crippen molar-refractivity contribution in [2.45, 2.75) is 58.7 Å². The number of hydrogen-bond donors (Lipinski definition) is 1. The first-order valence-corrected chi connectivity index (χ1v) is 7.55. The minimum absolute atomic E-state index is 0.00236. The minimum Gasteiger partial charge on any atom is -0.444 e. The van der Waals surface area contributed by atoms with Crippen LogP contribution in [-0.2, 0) is 16.1 Å². The SMILES string of the molecule is CCC1C(=O)NC(C2CC2)C(=O)N1Cc1nc(C)c(C)o1. The van der Waals surface area contributed by atoms with Gasteiger partial charge in [-0.2, -0.15) is 0 Å². The van der Waals surface area contributed by atoms with Crippen molar-refractivity contribution in [2.24, 2.45) is 5.92 Å². The number of carbonyl (C=O) groups is 2. The molecular weight excluding hydrogens is 270 g/mol. The third-order valence-electron chi connectivity index (χ3n) is 4.38. The molecule has 114 valence electrons. The standard InChI is InChI=1S/C15H21N3O3/c1-4-11-14(19)17-13(10-5-6-10)15(20)18(11)7-12-16-8(2)9(3)21-12/h10-11,13H,4-7H2,1-3H3,(H,17,19). The first-order chi connectivity index (χ1) is 10.0. The number of hydrogen-bond acceptors (Lipinski definition) is 4. The van der Waals surface area contributed by atoms with E-state index < -0.39 is 6.04 Å². The van der Waals surface area contributed by atoms with Gasteiger partial charge in [0.05, 0.1) is 12.2 Å². The Labute approximate surface area is 123 Å². The van der Waals surface area contributed by atoms with Gasteiger partial charge in [-0.15, -0.1) is 0 Å². The van der Waals surface area contributed by atoms with Crippen LogP contribution in [0.25, 0.3) is 0 Å². The fourth-order valence-electron chi connectivity index (χ4n) is 2.88. The van der Waals surface area contributed by atoms with Crippen LogP contribution in [0.4, 0.5) is 0 Å². The van der Waals surface area contributed by atoms with Crippen LogP contribution < -0.4 is 5.32 Å².